The van der Waals surface area contributed by atoms with Gasteiger partial charge in [-0.25, -0.2) is 0 Å². The molecule has 0 amide bonds. The van der Waals surface area contributed by atoms with Crippen molar-refractivity contribution in [3.05, 3.63) is 11.7 Å². The van der Waals surface area contributed by atoms with Crippen molar-refractivity contribution in [3.63, 3.8) is 0 Å². The number of rotatable bonds is 7. The van der Waals surface area contributed by atoms with E-state index >= 15 is 0 Å². The number of aromatic nitrogens is 2. The van der Waals surface area contributed by atoms with Crippen LogP contribution >= 0.6 is 0 Å². The van der Waals surface area contributed by atoms with Crippen molar-refractivity contribution in [1.82, 2.24) is 15.5 Å². The lowest BCUT2D eigenvalue weighted by atomic mass is 9.95. The third-order valence-corrected chi connectivity index (χ3v) is 3.89. The maximum Gasteiger partial charge on any atom is 0.396 e. The number of halogens is 3. The molecule has 1 aliphatic carbocycles. The molecule has 1 aromatic rings. The van der Waals surface area contributed by atoms with Gasteiger partial charge in [0.25, 0.3) is 0 Å². The Morgan fingerprint density at radius 2 is 2.05 bits per heavy atom. The molecule has 1 aliphatic rings. The highest BCUT2D eigenvalue weighted by molar-refractivity contribution is 4.93. The summed E-state index contributed by atoms with van der Waals surface area (Å²) in [6, 6.07) is 0.214. The van der Waals surface area contributed by atoms with Gasteiger partial charge in [0.15, 0.2) is 5.82 Å². The van der Waals surface area contributed by atoms with E-state index in [1.165, 1.54) is 12.8 Å². The van der Waals surface area contributed by atoms with Crippen LogP contribution in [0.5, 0.6) is 0 Å². The van der Waals surface area contributed by atoms with E-state index in [0.29, 0.717) is 18.2 Å². The zero-order chi connectivity index (χ0) is 15.3. The monoisotopic (exact) mass is 305 g/mol. The predicted octanol–water partition coefficient (Wildman–Crippen LogP) is 3.28. The summed E-state index contributed by atoms with van der Waals surface area (Å²) in [6.07, 6.45) is 0.855. The molecule has 0 aromatic carbocycles. The van der Waals surface area contributed by atoms with Crippen molar-refractivity contribution in [2.24, 2.45) is 5.92 Å². The van der Waals surface area contributed by atoms with Crippen LogP contribution in [0.25, 0.3) is 0 Å². The first-order valence-electron chi connectivity index (χ1n) is 7.59. The molecular weight excluding hydrogens is 283 g/mol. The van der Waals surface area contributed by atoms with Gasteiger partial charge >= 0.3 is 6.18 Å². The fourth-order valence-corrected chi connectivity index (χ4v) is 2.91. The summed E-state index contributed by atoms with van der Waals surface area (Å²) >= 11 is 0. The van der Waals surface area contributed by atoms with Crippen LogP contribution in [0.3, 0.4) is 0 Å². The Labute approximate surface area is 122 Å². The first-order chi connectivity index (χ1) is 9.98. The van der Waals surface area contributed by atoms with Crippen molar-refractivity contribution >= 4 is 0 Å². The van der Waals surface area contributed by atoms with Crippen molar-refractivity contribution < 1.29 is 17.7 Å². The quantitative estimate of drug-likeness (QED) is 0.840. The van der Waals surface area contributed by atoms with E-state index in [1.807, 2.05) is 0 Å². The van der Waals surface area contributed by atoms with Crippen LogP contribution in [-0.2, 0) is 12.8 Å². The lowest BCUT2D eigenvalue weighted by Gasteiger charge is -2.23. The van der Waals surface area contributed by atoms with E-state index in [4.69, 9.17) is 4.52 Å². The normalized spacial score (nSPS) is 18.3. The number of hydrogen-bond acceptors (Lipinski definition) is 4. The third-order valence-electron chi connectivity index (χ3n) is 3.89. The predicted molar refractivity (Wildman–Crippen MR) is 71.8 cm³/mol. The van der Waals surface area contributed by atoms with Crippen molar-refractivity contribution in [1.29, 1.82) is 0 Å². The Morgan fingerprint density at radius 3 is 2.67 bits per heavy atom. The van der Waals surface area contributed by atoms with Gasteiger partial charge in [0.1, 0.15) is 6.42 Å². The number of hydrogen-bond donors (Lipinski definition) is 1. The summed E-state index contributed by atoms with van der Waals surface area (Å²) in [4.78, 5) is 3.88. The van der Waals surface area contributed by atoms with Gasteiger partial charge in [0.2, 0.25) is 5.89 Å². The Hall–Kier alpha value is -1.11. The molecule has 0 aliphatic heterocycles. The van der Waals surface area contributed by atoms with Crippen molar-refractivity contribution in [2.45, 2.75) is 64.1 Å². The second-order valence-electron chi connectivity index (χ2n) is 5.71. The first-order valence-corrected chi connectivity index (χ1v) is 7.59. The molecule has 7 heteroatoms. The molecular formula is C14H22F3N3O. The molecule has 21 heavy (non-hydrogen) atoms. The second-order valence-corrected chi connectivity index (χ2v) is 5.71. The Bertz CT molecular complexity index is 427. The maximum atomic E-state index is 12.3. The smallest absolute Gasteiger partial charge is 0.339 e. The van der Waals surface area contributed by atoms with Crippen LogP contribution in [-0.4, -0.2) is 28.9 Å². The Morgan fingerprint density at radius 1 is 1.33 bits per heavy atom. The topological polar surface area (TPSA) is 51.0 Å². The van der Waals surface area contributed by atoms with E-state index in [-0.39, 0.29) is 11.9 Å². The fourth-order valence-electron chi connectivity index (χ4n) is 2.91. The molecule has 1 aromatic heterocycles. The fraction of sp³-hybridized carbons (Fsp3) is 0.857. The minimum atomic E-state index is -4.30. The molecule has 4 nitrogen and oxygen atoms in total. The number of nitrogens with zero attached hydrogens (tertiary/aromatic N) is 2. The van der Waals surface area contributed by atoms with Crippen LogP contribution in [0, 0.1) is 5.92 Å². The number of nitrogens with one attached hydrogen (secondary N) is 1. The van der Waals surface area contributed by atoms with Gasteiger partial charge in [0, 0.05) is 12.5 Å². The maximum absolute atomic E-state index is 12.3. The molecule has 0 saturated heterocycles. The van der Waals surface area contributed by atoms with Gasteiger partial charge in [-0.2, -0.15) is 18.2 Å². The Balaban J connectivity index is 1.95. The highest BCUT2D eigenvalue weighted by Crippen LogP contribution is 2.29. The summed E-state index contributed by atoms with van der Waals surface area (Å²) in [5, 5.41) is 6.89. The standard InChI is InChI=1S/C14H22F3N3O/c1-2-7-18-11(10-5-3-4-6-10)8-13-19-12(20-21-13)9-14(15,16)17/h10-11,18H,2-9H2,1H3. The minimum Gasteiger partial charge on any atom is -0.339 e. The minimum absolute atomic E-state index is 0.214. The van der Waals surface area contributed by atoms with Crippen LogP contribution < -0.4 is 5.32 Å². The van der Waals surface area contributed by atoms with Crippen molar-refractivity contribution in [2.75, 3.05) is 6.54 Å². The van der Waals surface area contributed by atoms with Gasteiger partial charge < -0.3 is 9.84 Å². The van der Waals surface area contributed by atoms with E-state index in [2.05, 4.69) is 22.4 Å². The third kappa shape index (κ3) is 5.30. The van der Waals surface area contributed by atoms with Crippen LogP contribution in [0.15, 0.2) is 4.52 Å². The molecule has 0 spiro atoms. The summed E-state index contributed by atoms with van der Waals surface area (Å²) in [5.74, 6) is 0.572. The Kier molecular flexibility index (Phi) is 5.61. The number of alkyl halides is 3. The highest BCUT2D eigenvalue weighted by Gasteiger charge is 2.31. The molecule has 1 unspecified atom stereocenters. The summed E-state index contributed by atoms with van der Waals surface area (Å²) < 4.78 is 41.9. The van der Waals surface area contributed by atoms with Crippen LogP contribution in [0.2, 0.25) is 0 Å². The van der Waals surface area contributed by atoms with Crippen LogP contribution in [0.1, 0.15) is 50.7 Å². The zero-order valence-electron chi connectivity index (χ0n) is 12.2. The van der Waals surface area contributed by atoms with Gasteiger partial charge in [-0.1, -0.05) is 24.9 Å². The average molecular weight is 305 g/mol. The molecule has 120 valence electrons. The highest BCUT2D eigenvalue weighted by atomic mass is 19.4. The average Bonchev–Trinajstić information content (AvgIpc) is 3.04. The van der Waals surface area contributed by atoms with E-state index in [9.17, 15) is 13.2 Å². The van der Waals surface area contributed by atoms with Gasteiger partial charge in [0.05, 0.1) is 0 Å². The van der Waals surface area contributed by atoms with Gasteiger partial charge in [-0.15, -0.1) is 0 Å². The van der Waals surface area contributed by atoms with Gasteiger partial charge in [-0.3, -0.25) is 0 Å². The van der Waals surface area contributed by atoms with Crippen LogP contribution in [0.4, 0.5) is 13.2 Å². The summed E-state index contributed by atoms with van der Waals surface area (Å²) in [5.41, 5.74) is 0. The molecule has 1 heterocycles. The molecule has 1 saturated carbocycles. The SMILES string of the molecule is CCCNC(Cc1nc(CC(F)(F)F)no1)C1CCCC1. The second kappa shape index (κ2) is 7.24. The van der Waals surface area contributed by atoms with E-state index in [0.717, 1.165) is 25.8 Å². The van der Waals surface area contributed by atoms with Gasteiger partial charge in [-0.05, 0) is 31.7 Å². The summed E-state index contributed by atoms with van der Waals surface area (Å²) in [6.45, 7) is 2.98. The molecule has 1 fully saturated rings. The molecule has 0 bridgehead atoms. The summed E-state index contributed by atoms with van der Waals surface area (Å²) in [7, 11) is 0. The molecule has 1 atom stereocenters. The van der Waals surface area contributed by atoms with E-state index in [1.54, 1.807) is 0 Å². The van der Waals surface area contributed by atoms with E-state index < -0.39 is 12.6 Å². The molecule has 2 rings (SSSR count). The van der Waals surface area contributed by atoms with Crippen molar-refractivity contribution in [3.8, 4) is 0 Å². The zero-order valence-corrected chi connectivity index (χ0v) is 12.2. The lowest BCUT2D eigenvalue weighted by Crippen LogP contribution is -2.37. The first kappa shape index (κ1) is 16.3. The molecule has 1 N–H and O–H groups in total. The largest absolute Gasteiger partial charge is 0.396 e. The lowest BCUT2D eigenvalue weighted by molar-refractivity contribution is -0.128. The molecule has 0 radical (unpaired) electrons.